The van der Waals surface area contributed by atoms with E-state index in [-0.39, 0.29) is 5.91 Å². The lowest BCUT2D eigenvalue weighted by atomic mass is 10.0. The molecule has 1 aliphatic rings. The molecule has 1 aliphatic heterocycles. The molecule has 4 nitrogen and oxygen atoms in total. The van der Waals surface area contributed by atoms with Gasteiger partial charge in [0, 0.05) is 13.2 Å². The van der Waals surface area contributed by atoms with Crippen molar-refractivity contribution in [3.8, 4) is 0 Å². The van der Waals surface area contributed by atoms with Crippen molar-refractivity contribution in [3.63, 3.8) is 0 Å². The van der Waals surface area contributed by atoms with Gasteiger partial charge >= 0.3 is 0 Å². The lowest BCUT2D eigenvalue weighted by Gasteiger charge is -2.21. The molecule has 0 bridgehead atoms. The number of amides is 1. The average Bonchev–Trinajstić information content (AvgIpc) is 2.44. The van der Waals surface area contributed by atoms with E-state index in [1.807, 2.05) is 12.1 Å². The molecular formula is C15H22N2O2. The van der Waals surface area contributed by atoms with Crippen molar-refractivity contribution in [3.05, 3.63) is 23.8 Å². The Morgan fingerprint density at radius 2 is 2.32 bits per heavy atom. The first-order valence-electron chi connectivity index (χ1n) is 7.04. The fraction of sp³-hybridized carbons (Fsp3) is 0.533. The number of benzene rings is 1. The van der Waals surface area contributed by atoms with Crippen molar-refractivity contribution in [1.29, 1.82) is 0 Å². The van der Waals surface area contributed by atoms with Gasteiger partial charge in [-0.2, -0.15) is 0 Å². The Bertz CT molecular complexity index is 432. The van der Waals surface area contributed by atoms with Crippen LogP contribution < -0.4 is 10.6 Å². The Balaban J connectivity index is 1.90. The highest BCUT2D eigenvalue weighted by Crippen LogP contribution is 2.30. The highest BCUT2D eigenvalue weighted by Gasteiger charge is 2.13. The van der Waals surface area contributed by atoms with E-state index >= 15 is 0 Å². The molecule has 2 rings (SSSR count). The summed E-state index contributed by atoms with van der Waals surface area (Å²) in [5, 5.41) is 6.33. The van der Waals surface area contributed by atoms with Crippen LogP contribution in [0.15, 0.2) is 18.2 Å². The van der Waals surface area contributed by atoms with Crippen LogP contribution in [0.4, 0.5) is 11.4 Å². The SMILES string of the molecule is CCCOCCC(=O)Nc1cccc2c1NCCC2. The molecule has 19 heavy (non-hydrogen) atoms. The molecule has 1 heterocycles. The zero-order chi connectivity index (χ0) is 13.5. The quantitative estimate of drug-likeness (QED) is 0.775. The molecule has 0 aromatic heterocycles. The second-order valence-electron chi connectivity index (χ2n) is 4.78. The van der Waals surface area contributed by atoms with Gasteiger partial charge in [0.1, 0.15) is 0 Å². The van der Waals surface area contributed by atoms with E-state index in [0.717, 1.165) is 43.8 Å². The number of aryl methyl sites for hydroxylation is 1. The Morgan fingerprint density at radius 1 is 1.42 bits per heavy atom. The molecule has 0 spiro atoms. The lowest BCUT2D eigenvalue weighted by molar-refractivity contribution is -0.117. The minimum absolute atomic E-state index is 0.0110. The van der Waals surface area contributed by atoms with Crippen LogP contribution in [0.25, 0.3) is 0 Å². The predicted molar refractivity (Wildman–Crippen MR) is 77.6 cm³/mol. The summed E-state index contributed by atoms with van der Waals surface area (Å²) in [5.74, 6) is 0.0110. The summed E-state index contributed by atoms with van der Waals surface area (Å²) in [6.45, 7) is 4.24. The predicted octanol–water partition coefficient (Wildman–Crippen LogP) is 2.80. The summed E-state index contributed by atoms with van der Waals surface area (Å²) in [6.07, 6.45) is 3.61. The molecule has 2 N–H and O–H groups in total. The molecule has 0 atom stereocenters. The van der Waals surface area contributed by atoms with E-state index < -0.39 is 0 Å². The van der Waals surface area contributed by atoms with Gasteiger partial charge in [0.15, 0.2) is 0 Å². The first-order chi connectivity index (χ1) is 9.31. The zero-order valence-corrected chi connectivity index (χ0v) is 11.5. The highest BCUT2D eigenvalue weighted by atomic mass is 16.5. The molecule has 1 amide bonds. The average molecular weight is 262 g/mol. The van der Waals surface area contributed by atoms with E-state index in [1.165, 1.54) is 5.56 Å². The minimum atomic E-state index is 0.0110. The number of fused-ring (bicyclic) bond motifs is 1. The van der Waals surface area contributed by atoms with E-state index in [9.17, 15) is 4.79 Å². The molecule has 0 radical (unpaired) electrons. The Kier molecular flexibility index (Phi) is 5.21. The van der Waals surface area contributed by atoms with Gasteiger partial charge in [0.2, 0.25) is 5.91 Å². The summed E-state index contributed by atoms with van der Waals surface area (Å²) >= 11 is 0. The van der Waals surface area contributed by atoms with Gasteiger partial charge < -0.3 is 15.4 Å². The van der Waals surface area contributed by atoms with E-state index in [0.29, 0.717) is 13.0 Å². The number of carbonyl (C=O) groups excluding carboxylic acids is 1. The lowest BCUT2D eigenvalue weighted by Crippen LogP contribution is -2.18. The maximum absolute atomic E-state index is 11.8. The number of anilines is 2. The zero-order valence-electron chi connectivity index (χ0n) is 11.5. The van der Waals surface area contributed by atoms with Crippen LogP contribution in [0.2, 0.25) is 0 Å². The fourth-order valence-electron chi connectivity index (χ4n) is 2.24. The smallest absolute Gasteiger partial charge is 0.226 e. The minimum Gasteiger partial charge on any atom is -0.383 e. The largest absolute Gasteiger partial charge is 0.383 e. The Morgan fingerprint density at radius 3 is 3.16 bits per heavy atom. The number of ether oxygens (including phenoxy) is 1. The van der Waals surface area contributed by atoms with Gasteiger partial charge in [-0.05, 0) is 30.9 Å². The van der Waals surface area contributed by atoms with Crippen molar-refractivity contribution in [2.75, 3.05) is 30.4 Å². The monoisotopic (exact) mass is 262 g/mol. The molecular weight excluding hydrogens is 240 g/mol. The van der Waals surface area contributed by atoms with Crippen LogP contribution in [0.3, 0.4) is 0 Å². The first kappa shape index (κ1) is 13.9. The summed E-state index contributed by atoms with van der Waals surface area (Å²) < 4.78 is 5.33. The molecule has 0 saturated heterocycles. The maximum atomic E-state index is 11.8. The van der Waals surface area contributed by atoms with Crippen molar-refractivity contribution in [1.82, 2.24) is 0 Å². The molecule has 0 saturated carbocycles. The second kappa shape index (κ2) is 7.14. The number of nitrogens with one attached hydrogen (secondary N) is 2. The summed E-state index contributed by atoms with van der Waals surface area (Å²) in [6, 6.07) is 6.05. The molecule has 0 fully saturated rings. The Labute approximate surface area is 114 Å². The molecule has 104 valence electrons. The van der Waals surface area contributed by atoms with Crippen LogP contribution in [-0.2, 0) is 16.0 Å². The third-order valence-electron chi connectivity index (χ3n) is 3.17. The van der Waals surface area contributed by atoms with Gasteiger partial charge in [0.05, 0.1) is 24.4 Å². The number of hydrogen-bond donors (Lipinski definition) is 2. The number of rotatable bonds is 6. The molecule has 1 aromatic carbocycles. The fourth-order valence-corrected chi connectivity index (χ4v) is 2.24. The van der Waals surface area contributed by atoms with E-state index in [2.05, 4.69) is 23.6 Å². The standard InChI is InChI=1S/C15H22N2O2/c1-2-10-19-11-8-14(18)17-13-7-3-5-12-6-4-9-16-15(12)13/h3,5,7,16H,2,4,6,8-11H2,1H3,(H,17,18). The van der Waals surface area contributed by atoms with Crippen LogP contribution in [0, 0.1) is 0 Å². The molecule has 1 aromatic rings. The van der Waals surface area contributed by atoms with Crippen LogP contribution >= 0.6 is 0 Å². The topological polar surface area (TPSA) is 50.4 Å². The highest BCUT2D eigenvalue weighted by molar-refractivity contribution is 5.95. The summed E-state index contributed by atoms with van der Waals surface area (Å²) in [4.78, 5) is 11.8. The molecule has 4 heteroatoms. The second-order valence-corrected chi connectivity index (χ2v) is 4.78. The first-order valence-corrected chi connectivity index (χ1v) is 7.04. The van der Waals surface area contributed by atoms with Crippen molar-refractivity contribution in [2.24, 2.45) is 0 Å². The van der Waals surface area contributed by atoms with Gasteiger partial charge in [-0.25, -0.2) is 0 Å². The number of carbonyl (C=O) groups is 1. The van der Waals surface area contributed by atoms with Crippen LogP contribution in [0.1, 0.15) is 31.7 Å². The third kappa shape index (κ3) is 3.96. The van der Waals surface area contributed by atoms with Gasteiger partial charge in [-0.1, -0.05) is 19.1 Å². The van der Waals surface area contributed by atoms with Crippen LogP contribution in [-0.4, -0.2) is 25.7 Å². The maximum Gasteiger partial charge on any atom is 0.226 e. The summed E-state index contributed by atoms with van der Waals surface area (Å²) in [7, 11) is 0. The third-order valence-corrected chi connectivity index (χ3v) is 3.17. The Hall–Kier alpha value is -1.55. The van der Waals surface area contributed by atoms with Crippen molar-refractivity contribution in [2.45, 2.75) is 32.6 Å². The van der Waals surface area contributed by atoms with Gasteiger partial charge in [-0.15, -0.1) is 0 Å². The van der Waals surface area contributed by atoms with E-state index in [4.69, 9.17) is 4.74 Å². The normalized spacial score (nSPS) is 13.5. The van der Waals surface area contributed by atoms with Crippen molar-refractivity contribution < 1.29 is 9.53 Å². The molecule has 0 aliphatic carbocycles. The number of hydrogen-bond acceptors (Lipinski definition) is 3. The van der Waals surface area contributed by atoms with E-state index in [1.54, 1.807) is 0 Å². The van der Waals surface area contributed by atoms with Gasteiger partial charge in [-0.3, -0.25) is 4.79 Å². The molecule has 0 unspecified atom stereocenters. The van der Waals surface area contributed by atoms with Gasteiger partial charge in [0.25, 0.3) is 0 Å². The summed E-state index contributed by atoms with van der Waals surface area (Å²) in [5.41, 5.74) is 3.25. The number of para-hydroxylation sites is 1. The van der Waals surface area contributed by atoms with Crippen LogP contribution in [0.5, 0.6) is 0 Å². The van der Waals surface area contributed by atoms with Crippen molar-refractivity contribution >= 4 is 17.3 Å².